The van der Waals surface area contributed by atoms with Crippen LogP contribution in [-0.2, 0) is 0 Å². The van der Waals surface area contributed by atoms with Crippen molar-refractivity contribution in [3.63, 3.8) is 0 Å². The van der Waals surface area contributed by atoms with Crippen molar-refractivity contribution < 1.29 is 4.74 Å². The van der Waals surface area contributed by atoms with E-state index in [0.717, 1.165) is 6.42 Å². The van der Waals surface area contributed by atoms with Gasteiger partial charge in [0.15, 0.2) is 5.16 Å². The molecule has 3 nitrogen and oxygen atoms in total. The van der Waals surface area contributed by atoms with Gasteiger partial charge in [-0.05, 0) is 18.6 Å². The monoisotopic (exact) mass is 246 g/mol. The van der Waals surface area contributed by atoms with E-state index in [1.807, 2.05) is 6.26 Å². The second kappa shape index (κ2) is 6.18. The van der Waals surface area contributed by atoms with Crippen molar-refractivity contribution in [1.29, 1.82) is 0 Å². The first-order chi connectivity index (χ1) is 7.11. The van der Waals surface area contributed by atoms with Crippen molar-refractivity contribution in [2.45, 2.75) is 25.4 Å². The SMILES string of the molecule is CSc1nc(Cl)cc(OCCC(C)C)n1. The predicted molar refractivity (Wildman–Crippen MR) is 63.8 cm³/mol. The van der Waals surface area contributed by atoms with Crippen LogP contribution in [0.25, 0.3) is 0 Å². The fraction of sp³-hybridized carbons (Fsp3) is 0.600. The molecule has 1 aromatic rings. The van der Waals surface area contributed by atoms with E-state index in [-0.39, 0.29) is 0 Å². The molecule has 0 aliphatic heterocycles. The Bertz CT molecular complexity index is 320. The van der Waals surface area contributed by atoms with Crippen LogP contribution in [-0.4, -0.2) is 22.8 Å². The van der Waals surface area contributed by atoms with E-state index in [4.69, 9.17) is 16.3 Å². The van der Waals surface area contributed by atoms with Gasteiger partial charge < -0.3 is 4.74 Å². The molecule has 0 atom stereocenters. The zero-order valence-corrected chi connectivity index (χ0v) is 10.7. The number of halogens is 1. The number of hydrogen-bond acceptors (Lipinski definition) is 4. The fourth-order valence-electron chi connectivity index (χ4n) is 0.942. The number of rotatable bonds is 5. The highest BCUT2D eigenvalue weighted by Gasteiger charge is 2.03. The average Bonchev–Trinajstić information content (AvgIpc) is 2.16. The van der Waals surface area contributed by atoms with Crippen LogP contribution >= 0.6 is 23.4 Å². The van der Waals surface area contributed by atoms with Gasteiger partial charge in [-0.2, -0.15) is 4.98 Å². The second-order valence-electron chi connectivity index (χ2n) is 3.55. The Morgan fingerprint density at radius 3 is 2.80 bits per heavy atom. The Morgan fingerprint density at radius 1 is 1.47 bits per heavy atom. The van der Waals surface area contributed by atoms with Crippen LogP contribution in [0, 0.1) is 5.92 Å². The molecule has 1 aromatic heterocycles. The van der Waals surface area contributed by atoms with Gasteiger partial charge >= 0.3 is 0 Å². The van der Waals surface area contributed by atoms with Gasteiger partial charge in [0, 0.05) is 6.07 Å². The molecule has 0 amide bonds. The molecule has 5 heteroatoms. The van der Waals surface area contributed by atoms with Crippen molar-refractivity contribution in [3.05, 3.63) is 11.2 Å². The van der Waals surface area contributed by atoms with Gasteiger partial charge in [-0.1, -0.05) is 37.2 Å². The summed E-state index contributed by atoms with van der Waals surface area (Å²) in [7, 11) is 0. The first kappa shape index (κ1) is 12.6. The summed E-state index contributed by atoms with van der Waals surface area (Å²) < 4.78 is 5.49. The molecule has 84 valence electrons. The number of nitrogens with zero attached hydrogens (tertiary/aromatic N) is 2. The van der Waals surface area contributed by atoms with Crippen LogP contribution < -0.4 is 4.74 Å². The van der Waals surface area contributed by atoms with E-state index in [2.05, 4.69) is 23.8 Å². The van der Waals surface area contributed by atoms with E-state index in [0.29, 0.717) is 28.7 Å². The Morgan fingerprint density at radius 2 is 2.20 bits per heavy atom. The summed E-state index contributed by atoms with van der Waals surface area (Å²) >= 11 is 7.28. The first-order valence-electron chi connectivity index (χ1n) is 4.83. The lowest BCUT2D eigenvalue weighted by Gasteiger charge is -2.07. The maximum Gasteiger partial charge on any atom is 0.218 e. The predicted octanol–water partition coefficient (Wildman–Crippen LogP) is 3.28. The van der Waals surface area contributed by atoms with Crippen molar-refractivity contribution in [2.24, 2.45) is 5.92 Å². The van der Waals surface area contributed by atoms with Gasteiger partial charge in [0.25, 0.3) is 0 Å². The highest BCUT2D eigenvalue weighted by atomic mass is 35.5. The quantitative estimate of drug-likeness (QED) is 0.454. The summed E-state index contributed by atoms with van der Waals surface area (Å²) in [4.78, 5) is 8.23. The van der Waals surface area contributed by atoms with E-state index in [1.165, 1.54) is 11.8 Å². The van der Waals surface area contributed by atoms with Crippen molar-refractivity contribution >= 4 is 23.4 Å². The molecule has 0 radical (unpaired) electrons. The van der Waals surface area contributed by atoms with Crippen molar-refractivity contribution in [3.8, 4) is 5.88 Å². The molecule has 0 spiro atoms. The second-order valence-corrected chi connectivity index (χ2v) is 4.71. The third-order valence-corrected chi connectivity index (χ3v) is 2.52. The summed E-state index contributed by atoms with van der Waals surface area (Å²) in [5, 5.41) is 1.07. The Balaban J connectivity index is 2.56. The van der Waals surface area contributed by atoms with Crippen LogP contribution in [0.2, 0.25) is 5.15 Å². The third kappa shape index (κ3) is 4.71. The zero-order valence-electron chi connectivity index (χ0n) is 9.16. The Hall–Kier alpha value is -0.480. The lowest BCUT2D eigenvalue weighted by molar-refractivity contribution is 0.277. The normalized spacial score (nSPS) is 10.7. The van der Waals surface area contributed by atoms with Gasteiger partial charge in [0.2, 0.25) is 5.88 Å². The van der Waals surface area contributed by atoms with E-state index in [9.17, 15) is 0 Å². The molecule has 1 heterocycles. The van der Waals surface area contributed by atoms with Gasteiger partial charge in [-0.3, -0.25) is 0 Å². The number of aromatic nitrogens is 2. The molecule has 0 fully saturated rings. The maximum atomic E-state index is 5.83. The highest BCUT2D eigenvalue weighted by molar-refractivity contribution is 7.98. The van der Waals surface area contributed by atoms with Crippen LogP contribution in [0.3, 0.4) is 0 Å². The molecule has 0 saturated carbocycles. The minimum absolute atomic E-state index is 0.425. The summed E-state index contributed by atoms with van der Waals surface area (Å²) in [6.07, 6.45) is 2.92. The average molecular weight is 247 g/mol. The van der Waals surface area contributed by atoms with E-state index >= 15 is 0 Å². The minimum Gasteiger partial charge on any atom is -0.478 e. The van der Waals surface area contributed by atoms with Crippen molar-refractivity contribution in [2.75, 3.05) is 12.9 Å². The lowest BCUT2D eigenvalue weighted by atomic mass is 10.1. The minimum atomic E-state index is 0.425. The summed E-state index contributed by atoms with van der Waals surface area (Å²) in [5.74, 6) is 1.18. The van der Waals surface area contributed by atoms with E-state index in [1.54, 1.807) is 6.07 Å². The third-order valence-electron chi connectivity index (χ3n) is 1.78. The summed E-state index contributed by atoms with van der Waals surface area (Å²) in [6, 6.07) is 1.64. The molecule has 0 aromatic carbocycles. The molecule has 0 N–H and O–H groups in total. The highest BCUT2D eigenvalue weighted by Crippen LogP contribution is 2.19. The molecular weight excluding hydrogens is 232 g/mol. The first-order valence-corrected chi connectivity index (χ1v) is 6.43. The fourth-order valence-corrected chi connectivity index (χ4v) is 1.54. The van der Waals surface area contributed by atoms with Gasteiger partial charge in [-0.25, -0.2) is 4.98 Å². The molecule has 0 aliphatic rings. The van der Waals surface area contributed by atoms with Crippen LogP contribution in [0.1, 0.15) is 20.3 Å². The number of thioether (sulfide) groups is 1. The van der Waals surface area contributed by atoms with Gasteiger partial charge in [0.1, 0.15) is 5.15 Å². The maximum absolute atomic E-state index is 5.83. The van der Waals surface area contributed by atoms with Crippen LogP contribution in [0.4, 0.5) is 0 Å². The molecule has 15 heavy (non-hydrogen) atoms. The molecule has 0 aliphatic carbocycles. The molecule has 0 saturated heterocycles. The summed E-state index contributed by atoms with van der Waals surface area (Å²) in [6.45, 7) is 4.98. The summed E-state index contributed by atoms with van der Waals surface area (Å²) in [5.41, 5.74) is 0. The van der Waals surface area contributed by atoms with Gasteiger partial charge in [0.05, 0.1) is 6.61 Å². The Kier molecular flexibility index (Phi) is 5.19. The Labute approximate surface area is 99.6 Å². The molecular formula is C10H15ClN2OS. The zero-order chi connectivity index (χ0) is 11.3. The number of hydrogen-bond donors (Lipinski definition) is 0. The molecule has 0 unspecified atom stereocenters. The van der Waals surface area contributed by atoms with Crippen LogP contribution in [0.5, 0.6) is 5.88 Å². The smallest absolute Gasteiger partial charge is 0.218 e. The lowest BCUT2D eigenvalue weighted by Crippen LogP contribution is -2.03. The van der Waals surface area contributed by atoms with E-state index < -0.39 is 0 Å². The molecule has 1 rings (SSSR count). The van der Waals surface area contributed by atoms with Crippen molar-refractivity contribution in [1.82, 2.24) is 9.97 Å². The molecule has 0 bridgehead atoms. The largest absolute Gasteiger partial charge is 0.478 e. The van der Waals surface area contributed by atoms with Gasteiger partial charge in [-0.15, -0.1) is 0 Å². The number of ether oxygens (including phenoxy) is 1. The van der Waals surface area contributed by atoms with Crippen LogP contribution in [0.15, 0.2) is 11.2 Å². The topological polar surface area (TPSA) is 35.0 Å². The standard InChI is InChI=1S/C10H15ClN2OS/c1-7(2)4-5-14-9-6-8(11)12-10(13-9)15-3/h6-7H,4-5H2,1-3H3.